The smallest absolute Gasteiger partial charge is 0.351 e. The average molecular weight is 219 g/mol. The highest BCUT2D eigenvalue weighted by Crippen LogP contribution is 2.02. The third-order valence-electron chi connectivity index (χ3n) is 2.03. The molecule has 4 nitrogen and oxygen atoms in total. The Bertz CT molecular complexity index is 398. The number of benzene rings is 1. The Morgan fingerprint density at radius 2 is 1.88 bits per heavy atom. The lowest BCUT2D eigenvalue weighted by Crippen LogP contribution is -2.26. The number of carbonyl (C=O) groups excluding carboxylic acids is 1. The molecule has 0 atom stereocenters. The molecule has 1 aromatic rings. The second-order valence-corrected chi connectivity index (χ2v) is 3.32. The molecule has 16 heavy (non-hydrogen) atoms. The molecule has 0 aromatic heterocycles. The van der Waals surface area contributed by atoms with Gasteiger partial charge in [-0.1, -0.05) is 36.9 Å². The Morgan fingerprint density at radius 1 is 1.25 bits per heavy atom. The second-order valence-electron chi connectivity index (χ2n) is 3.32. The fraction of sp³-hybridized carbons (Fsp3) is 0.167. The number of carbonyl (C=O) groups is 2. The third-order valence-corrected chi connectivity index (χ3v) is 2.03. The van der Waals surface area contributed by atoms with Crippen molar-refractivity contribution in [2.24, 2.45) is 0 Å². The highest BCUT2D eigenvalue weighted by Gasteiger charge is 2.08. The number of amides is 1. The fourth-order valence-electron chi connectivity index (χ4n) is 1.19. The van der Waals surface area contributed by atoms with Gasteiger partial charge in [0, 0.05) is 6.42 Å². The Balaban J connectivity index is 2.36. The van der Waals surface area contributed by atoms with E-state index in [-0.39, 0.29) is 18.0 Å². The summed E-state index contributed by atoms with van der Waals surface area (Å²) in [6.45, 7) is 3.22. The normalized spacial score (nSPS) is 9.50. The van der Waals surface area contributed by atoms with Gasteiger partial charge in [0.15, 0.2) is 0 Å². The lowest BCUT2D eigenvalue weighted by molar-refractivity contribution is -0.134. The van der Waals surface area contributed by atoms with Crippen LogP contribution in [0.25, 0.3) is 0 Å². The number of nitrogens with one attached hydrogen (secondary N) is 1. The zero-order valence-corrected chi connectivity index (χ0v) is 8.77. The highest BCUT2D eigenvalue weighted by molar-refractivity contribution is 5.91. The summed E-state index contributed by atoms with van der Waals surface area (Å²) in [5.74, 6) is -1.55. The van der Waals surface area contributed by atoms with Gasteiger partial charge in [0.1, 0.15) is 5.70 Å². The number of aryl methyl sites for hydroxylation is 1. The molecule has 1 rings (SSSR count). The predicted molar refractivity (Wildman–Crippen MR) is 59.7 cm³/mol. The number of aliphatic carboxylic acids is 1. The van der Waals surface area contributed by atoms with Crippen LogP contribution >= 0.6 is 0 Å². The van der Waals surface area contributed by atoms with Crippen molar-refractivity contribution in [3.8, 4) is 0 Å². The van der Waals surface area contributed by atoms with Crippen molar-refractivity contribution in [1.82, 2.24) is 5.32 Å². The molecule has 0 aliphatic carbocycles. The van der Waals surface area contributed by atoms with Gasteiger partial charge >= 0.3 is 5.97 Å². The quantitative estimate of drug-likeness (QED) is 0.734. The summed E-state index contributed by atoms with van der Waals surface area (Å²) in [5.41, 5.74) is 0.747. The maximum atomic E-state index is 11.3. The molecule has 0 aliphatic heterocycles. The minimum atomic E-state index is -1.21. The number of carboxylic acid groups (broad SMARTS) is 1. The molecule has 2 N–H and O–H groups in total. The number of rotatable bonds is 5. The molecule has 0 saturated carbocycles. The maximum absolute atomic E-state index is 11.3. The van der Waals surface area contributed by atoms with E-state index in [2.05, 4.69) is 11.9 Å². The van der Waals surface area contributed by atoms with Crippen molar-refractivity contribution in [3.05, 3.63) is 48.2 Å². The van der Waals surface area contributed by atoms with Crippen LogP contribution in [-0.2, 0) is 16.0 Å². The Hall–Kier alpha value is -2.10. The molecule has 0 aliphatic rings. The lowest BCUT2D eigenvalue weighted by atomic mass is 10.1. The standard InChI is InChI=1S/C12H13NO3/c1-9(12(15)16)13-11(14)8-7-10-5-3-2-4-6-10/h2-6H,1,7-8H2,(H,13,14)(H,15,16). The predicted octanol–water partition coefficient (Wildman–Crippen LogP) is 1.33. The summed E-state index contributed by atoms with van der Waals surface area (Å²) in [6.07, 6.45) is 0.829. The van der Waals surface area contributed by atoms with Crippen molar-refractivity contribution < 1.29 is 14.7 Å². The first-order valence-electron chi connectivity index (χ1n) is 4.85. The van der Waals surface area contributed by atoms with Crippen molar-refractivity contribution >= 4 is 11.9 Å². The summed E-state index contributed by atoms with van der Waals surface area (Å²) < 4.78 is 0. The summed E-state index contributed by atoms with van der Waals surface area (Å²) >= 11 is 0. The number of hydrogen-bond donors (Lipinski definition) is 2. The van der Waals surface area contributed by atoms with E-state index in [0.717, 1.165) is 5.56 Å². The van der Waals surface area contributed by atoms with E-state index in [4.69, 9.17) is 5.11 Å². The molecule has 0 fully saturated rings. The van der Waals surface area contributed by atoms with Crippen molar-refractivity contribution in [2.45, 2.75) is 12.8 Å². The van der Waals surface area contributed by atoms with Crippen LogP contribution in [0.5, 0.6) is 0 Å². The van der Waals surface area contributed by atoms with E-state index in [9.17, 15) is 9.59 Å². The average Bonchev–Trinajstić information content (AvgIpc) is 2.27. The molecule has 0 heterocycles. The van der Waals surface area contributed by atoms with Gasteiger partial charge in [-0.3, -0.25) is 4.79 Å². The Labute approximate surface area is 93.6 Å². The monoisotopic (exact) mass is 219 g/mol. The largest absolute Gasteiger partial charge is 0.477 e. The number of carboxylic acids is 1. The van der Waals surface area contributed by atoms with E-state index in [1.54, 1.807) is 0 Å². The van der Waals surface area contributed by atoms with Crippen LogP contribution in [-0.4, -0.2) is 17.0 Å². The first-order valence-corrected chi connectivity index (χ1v) is 4.85. The molecule has 0 spiro atoms. The van der Waals surface area contributed by atoms with Crippen LogP contribution in [0.2, 0.25) is 0 Å². The molecular formula is C12H13NO3. The molecule has 1 aromatic carbocycles. The van der Waals surface area contributed by atoms with Crippen LogP contribution in [0.4, 0.5) is 0 Å². The van der Waals surface area contributed by atoms with Crippen LogP contribution in [0.15, 0.2) is 42.6 Å². The third kappa shape index (κ3) is 3.96. The molecule has 1 amide bonds. The zero-order chi connectivity index (χ0) is 12.0. The van der Waals surface area contributed by atoms with Gasteiger partial charge in [-0.05, 0) is 12.0 Å². The minimum Gasteiger partial charge on any atom is -0.477 e. The van der Waals surface area contributed by atoms with E-state index in [0.29, 0.717) is 6.42 Å². The fourth-order valence-corrected chi connectivity index (χ4v) is 1.19. The van der Waals surface area contributed by atoms with Crippen molar-refractivity contribution in [1.29, 1.82) is 0 Å². The van der Waals surface area contributed by atoms with Gasteiger partial charge in [0.25, 0.3) is 0 Å². The van der Waals surface area contributed by atoms with Crippen LogP contribution < -0.4 is 5.32 Å². The molecule has 4 heteroatoms. The lowest BCUT2D eigenvalue weighted by Gasteiger charge is -2.04. The van der Waals surface area contributed by atoms with E-state index >= 15 is 0 Å². The van der Waals surface area contributed by atoms with Gasteiger partial charge in [-0.15, -0.1) is 0 Å². The molecule has 0 radical (unpaired) electrons. The summed E-state index contributed by atoms with van der Waals surface area (Å²) in [7, 11) is 0. The summed E-state index contributed by atoms with van der Waals surface area (Å²) in [5, 5.41) is 10.7. The maximum Gasteiger partial charge on any atom is 0.351 e. The Kier molecular flexibility index (Phi) is 4.27. The topological polar surface area (TPSA) is 66.4 Å². The van der Waals surface area contributed by atoms with Gasteiger partial charge in [-0.2, -0.15) is 0 Å². The van der Waals surface area contributed by atoms with Crippen molar-refractivity contribution in [2.75, 3.05) is 0 Å². The second kappa shape index (κ2) is 5.70. The van der Waals surface area contributed by atoms with Crippen LogP contribution in [0, 0.1) is 0 Å². The molecule has 0 unspecified atom stereocenters. The van der Waals surface area contributed by atoms with E-state index in [1.165, 1.54) is 0 Å². The van der Waals surface area contributed by atoms with E-state index in [1.807, 2.05) is 30.3 Å². The van der Waals surface area contributed by atoms with Crippen LogP contribution in [0.3, 0.4) is 0 Å². The SMILES string of the molecule is C=C(NC(=O)CCc1ccccc1)C(=O)O. The molecule has 84 valence electrons. The van der Waals surface area contributed by atoms with Gasteiger partial charge in [0.05, 0.1) is 0 Å². The zero-order valence-electron chi connectivity index (χ0n) is 8.77. The summed E-state index contributed by atoms with van der Waals surface area (Å²) in [4.78, 5) is 21.7. The Morgan fingerprint density at radius 3 is 2.44 bits per heavy atom. The van der Waals surface area contributed by atoms with E-state index < -0.39 is 5.97 Å². The minimum absolute atomic E-state index is 0.246. The molecule has 0 saturated heterocycles. The highest BCUT2D eigenvalue weighted by atomic mass is 16.4. The molecule has 0 bridgehead atoms. The first kappa shape index (κ1) is 12.0. The first-order chi connectivity index (χ1) is 7.59. The van der Waals surface area contributed by atoms with Crippen molar-refractivity contribution in [3.63, 3.8) is 0 Å². The van der Waals surface area contributed by atoms with Crippen LogP contribution in [0.1, 0.15) is 12.0 Å². The summed E-state index contributed by atoms with van der Waals surface area (Å²) in [6, 6.07) is 9.52. The van der Waals surface area contributed by atoms with Gasteiger partial charge < -0.3 is 10.4 Å². The molecular weight excluding hydrogens is 206 g/mol. The van der Waals surface area contributed by atoms with Gasteiger partial charge in [-0.25, -0.2) is 4.79 Å². The van der Waals surface area contributed by atoms with Gasteiger partial charge in [0.2, 0.25) is 5.91 Å². The number of hydrogen-bond acceptors (Lipinski definition) is 2.